The Bertz CT molecular complexity index is 840. The summed E-state index contributed by atoms with van der Waals surface area (Å²) in [6, 6.07) is 4.83. The topological polar surface area (TPSA) is 55.8 Å². The minimum absolute atomic E-state index is 0.0641. The van der Waals surface area contributed by atoms with Gasteiger partial charge in [-0.3, -0.25) is 9.69 Å². The Balaban J connectivity index is 1.35. The molecule has 4 rings (SSSR count). The minimum Gasteiger partial charge on any atom is -0.393 e. The van der Waals surface area contributed by atoms with Crippen molar-refractivity contribution in [2.45, 2.75) is 84.4 Å². The number of aliphatic hydroxyl groups excluding tert-OH is 1. The lowest BCUT2D eigenvalue weighted by Gasteiger charge is -2.43. The highest BCUT2D eigenvalue weighted by Crippen LogP contribution is 2.34. The lowest BCUT2D eigenvalue weighted by Crippen LogP contribution is -2.51. The number of nitrogens with one attached hydrogen (secondary N) is 1. The number of carbonyl (C=O) groups excluding carboxylic acids is 1. The predicted octanol–water partition coefficient (Wildman–Crippen LogP) is 4.61. The first-order chi connectivity index (χ1) is 15.3. The van der Waals surface area contributed by atoms with Gasteiger partial charge in [-0.05, 0) is 81.0 Å². The molecule has 1 saturated heterocycles. The van der Waals surface area contributed by atoms with Crippen LogP contribution >= 0.6 is 0 Å². The Hall–Kier alpha value is -1.85. The van der Waals surface area contributed by atoms with Gasteiger partial charge in [0, 0.05) is 50.0 Å². The summed E-state index contributed by atoms with van der Waals surface area (Å²) in [6.45, 7) is 15.1. The van der Waals surface area contributed by atoms with E-state index in [4.69, 9.17) is 0 Å². The number of allylic oxidation sites excluding steroid dienone is 1. The molecule has 1 amide bonds. The maximum atomic E-state index is 12.5. The van der Waals surface area contributed by atoms with Crippen molar-refractivity contribution < 1.29 is 9.90 Å². The van der Waals surface area contributed by atoms with E-state index in [1.807, 2.05) is 0 Å². The molecule has 0 radical (unpaired) electrons. The fourth-order valence-corrected chi connectivity index (χ4v) is 5.90. The van der Waals surface area contributed by atoms with Crippen LogP contribution in [-0.2, 0) is 11.3 Å². The third-order valence-corrected chi connectivity index (χ3v) is 7.92. The number of nitrogens with zero attached hydrogens (tertiary/aromatic N) is 2. The average molecular weight is 440 g/mol. The van der Waals surface area contributed by atoms with Gasteiger partial charge in [0.2, 0.25) is 5.91 Å². The molecule has 0 bridgehead atoms. The van der Waals surface area contributed by atoms with Gasteiger partial charge in [-0.1, -0.05) is 25.5 Å². The van der Waals surface area contributed by atoms with Crippen LogP contribution in [0, 0.1) is 25.7 Å². The van der Waals surface area contributed by atoms with E-state index in [2.05, 4.69) is 54.6 Å². The van der Waals surface area contributed by atoms with E-state index in [0.717, 1.165) is 44.7 Å². The molecule has 1 heterocycles. The summed E-state index contributed by atoms with van der Waals surface area (Å²) >= 11 is 0. The first-order valence-corrected chi connectivity index (χ1v) is 12.6. The molecule has 3 aliphatic rings. The molecule has 5 nitrogen and oxygen atoms in total. The van der Waals surface area contributed by atoms with Crippen LogP contribution in [0.25, 0.3) is 0 Å². The highest BCUT2D eigenvalue weighted by atomic mass is 16.3. The average Bonchev–Trinajstić information content (AvgIpc) is 3.25. The number of carbonyl (C=O) groups is 1. The zero-order valence-electron chi connectivity index (χ0n) is 20.2. The van der Waals surface area contributed by atoms with E-state index in [-0.39, 0.29) is 12.0 Å². The van der Waals surface area contributed by atoms with Crippen molar-refractivity contribution in [2.75, 3.05) is 25.0 Å². The van der Waals surface area contributed by atoms with E-state index in [9.17, 15) is 9.90 Å². The second-order valence-corrected chi connectivity index (χ2v) is 10.6. The van der Waals surface area contributed by atoms with Crippen LogP contribution in [0.4, 0.5) is 5.69 Å². The zero-order chi connectivity index (χ0) is 22.8. The van der Waals surface area contributed by atoms with Crippen LogP contribution in [0.15, 0.2) is 24.4 Å². The number of aliphatic hydroxyl groups is 1. The highest BCUT2D eigenvalue weighted by Gasteiger charge is 2.30. The molecule has 5 heteroatoms. The van der Waals surface area contributed by atoms with Gasteiger partial charge in [0.1, 0.15) is 0 Å². The van der Waals surface area contributed by atoms with Gasteiger partial charge in [0.15, 0.2) is 0 Å². The molecule has 2 saturated carbocycles. The molecule has 1 aromatic carbocycles. The number of hydrogen-bond donors (Lipinski definition) is 2. The molecular weight excluding hydrogens is 398 g/mol. The zero-order valence-corrected chi connectivity index (χ0v) is 20.2. The number of aryl methyl sites for hydroxylation is 1. The molecule has 2 N–H and O–H groups in total. The lowest BCUT2D eigenvalue weighted by molar-refractivity contribution is -0.118. The lowest BCUT2D eigenvalue weighted by atomic mass is 9.80. The van der Waals surface area contributed by atoms with Crippen molar-refractivity contribution in [3.8, 4) is 0 Å². The van der Waals surface area contributed by atoms with Gasteiger partial charge in [-0.15, -0.1) is 0 Å². The molecule has 2 aliphatic carbocycles. The molecule has 3 fully saturated rings. The number of anilines is 1. The monoisotopic (exact) mass is 439 g/mol. The van der Waals surface area contributed by atoms with Crippen molar-refractivity contribution in [3.63, 3.8) is 0 Å². The first kappa shape index (κ1) is 23.3. The van der Waals surface area contributed by atoms with E-state index in [1.165, 1.54) is 48.1 Å². The van der Waals surface area contributed by atoms with E-state index in [0.29, 0.717) is 24.3 Å². The highest BCUT2D eigenvalue weighted by molar-refractivity contribution is 5.92. The van der Waals surface area contributed by atoms with Gasteiger partial charge >= 0.3 is 0 Å². The molecule has 1 aromatic rings. The van der Waals surface area contributed by atoms with Crippen LogP contribution in [0.5, 0.6) is 0 Å². The Morgan fingerprint density at radius 1 is 1.19 bits per heavy atom. The number of piperazine rings is 1. The number of amides is 1. The summed E-state index contributed by atoms with van der Waals surface area (Å²) in [7, 11) is 0. The number of rotatable bonds is 7. The number of hydrogen-bond acceptors (Lipinski definition) is 4. The molecule has 176 valence electrons. The molecule has 32 heavy (non-hydrogen) atoms. The van der Waals surface area contributed by atoms with E-state index >= 15 is 0 Å². The van der Waals surface area contributed by atoms with Crippen LogP contribution in [0.2, 0.25) is 0 Å². The van der Waals surface area contributed by atoms with Crippen molar-refractivity contribution in [2.24, 2.45) is 11.8 Å². The largest absolute Gasteiger partial charge is 0.393 e. The fraction of sp³-hybridized carbons (Fsp3) is 0.667. The standard InChI is InChI=1S/C27H41N3O2/c1-18-11-24(20(3)26(12-18)28-27(32)15-22-13-25(31)14-22)17-29-9-10-30(19(2)16-29)21(4)23-7-5-6-8-23/h11-12,19,22-23,25,31H,4-10,13-17H2,1-3H3,(H,28,32)/t19-,22?,25?/m0/s1. The quantitative estimate of drug-likeness (QED) is 0.651. The van der Waals surface area contributed by atoms with E-state index < -0.39 is 0 Å². The Labute approximate surface area is 193 Å². The SMILES string of the molecule is C=C(C1CCCC1)N1CCN(Cc2cc(C)cc(NC(=O)CC3CC(O)C3)c2C)C[C@@H]1C. The molecule has 1 atom stereocenters. The second-order valence-electron chi connectivity index (χ2n) is 10.6. The predicted molar refractivity (Wildman–Crippen MR) is 130 cm³/mol. The molecule has 1 aliphatic heterocycles. The third kappa shape index (κ3) is 5.37. The van der Waals surface area contributed by atoms with Crippen molar-refractivity contribution >= 4 is 11.6 Å². The third-order valence-electron chi connectivity index (χ3n) is 7.92. The number of benzene rings is 1. The molecular formula is C27H41N3O2. The summed E-state index contributed by atoms with van der Waals surface area (Å²) in [5.74, 6) is 1.08. The van der Waals surface area contributed by atoms with E-state index in [1.54, 1.807) is 0 Å². The Morgan fingerprint density at radius 3 is 2.56 bits per heavy atom. The van der Waals surface area contributed by atoms with Gasteiger partial charge in [0.25, 0.3) is 0 Å². The molecule has 0 spiro atoms. The van der Waals surface area contributed by atoms with Crippen molar-refractivity contribution in [1.29, 1.82) is 0 Å². The second kappa shape index (κ2) is 9.96. The summed E-state index contributed by atoms with van der Waals surface area (Å²) in [6.07, 6.45) is 7.13. The van der Waals surface area contributed by atoms with Gasteiger partial charge in [-0.2, -0.15) is 0 Å². The molecule has 0 aromatic heterocycles. The fourth-order valence-electron chi connectivity index (χ4n) is 5.90. The summed E-state index contributed by atoms with van der Waals surface area (Å²) < 4.78 is 0. The maximum absolute atomic E-state index is 12.5. The van der Waals surface area contributed by atoms with Crippen LogP contribution in [0.3, 0.4) is 0 Å². The maximum Gasteiger partial charge on any atom is 0.224 e. The summed E-state index contributed by atoms with van der Waals surface area (Å²) in [5, 5.41) is 12.6. The van der Waals surface area contributed by atoms with Crippen molar-refractivity contribution in [3.05, 3.63) is 41.1 Å². The van der Waals surface area contributed by atoms with Crippen LogP contribution in [-0.4, -0.2) is 52.6 Å². The normalized spacial score (nSPS) is 26.8. The first-order valence-electron chi connectivity index (χ1n) is 12.6. The smallest absolute Gasteiger partial charge is 0.224 e. The van der Waals surface area contributed by atoms with Crippen LogP contribution < -0.4 is 5.32 Å². The minimum atomic E-state index is -0.210. The summed E-state index contributed by atoms with van der Waals surface area (Å²) in [4.78, 5) is 17.6. The Morgan fingerprint density at radius 2 is 1.91 bits per heavy atom. The van der Waals surface area contributed by atoms with Gasteiger partial charge in [0.05, 0.1) is 6.10 Å². The summed E-state index contributed by atoms with van der Waals surface area (Å²) in [5.41, 5.74) is 5.95. The molecule has 0 unspecified atom stereocenters. The van der Waals surface area contributed by atoms with Gasteiger partial charge in [-0.25, -0.2) is 0 Å². The van der Waals surface area contributed by atoms with Crippen LogP contribution in [0.1, 0.15) is 68.6 Å². The van der Waals surface area contributed by atoms with Gasteiger partial charge < -0.3 is 15.3 Å². The Kier molecular flexibility index (Phi) is 7.26. The van der Waals surface area contributed by atoms with Crippen molar-refractivity contribution in [1.82, 2.24) is 9.80 Å².